The molecule has 1 heterocycles. The number of ether oxygens (including phenoxy) is 1. The van der Waals surface area contributed by atoms with Crippen LogP contribution >= 0.6 is 0 Å². The Labute approximate surface area is 114 Å². The number of nitrogens with zero attached hydrogens (tertiary/aromatic N) is 2. The lowest BCUT2D eigenvalue weighted by Crippen LogP contribution is -2.31. The van der Waals surface area contributed by atoms with Gasteiger partial charge in [-0.2, -0.15) is 0 Å². The lowest BCUT2D eigenvalue weighted by Gasteiger charge is -2.17. The number of hydrazine groups is 1. The summed E-state index contributed by atoms with van der Waals surface area (Å²) in [5.41, 5.74) is 2.80. The van der Waals surface area contributed by atoms with Crippen LogP contribution in [0.2, 0.25) is 0 Å². The number of rotatable bonds is 5. The van der Waals surface area contributed by atoms with Crippen LogP contribution in [0.4, 0.5) is 8.78 Å². The lowest BCUT2D eigenvalue weighted by atomic mass is 10.0. The van der Waals surface area contributed by atoms with Crippen molar-refractivity contribution in [2.75, 3.05) is 7.11 Å². The van der Waals surface area contributed by atoms with Gasteiger partial charge in [-0.15, -0.1) is 0 Å². The van der Waals surface area contributed by atoms with Crippen LogP contribution in [-0.2, 0) is 6.42 Å². The quantitative estimate of drug-likeness (QED) is 0.641. The van der Waals surface area contributed by atoms with Gasteiger partial charge in [0.25, 0.3) is 0 Å². The zero-order valence-corrected chi connectivity index (χ0v) is 10.8. The van der Waals surface area contributed by atoms with Gasteiger partial charge in [-0.1, -0.05) is 6.07 Å². The summed E-state index contributed by atoms with van der Waals surface area (Å²) in [7, 11) is 1.44. The Morgan fingerprint density at radius 2 is 1.90 bits per heavy atom. The van der Waals surface area contributed by atoms with Crippen molar-refractivity contribution in [2.24, 2.45) is 5.84 Å². The molecule has 2 rings (SSSR count). The minimum absolute atomic E-state index is 0.00986. The molecule has 0 amide bonds. The Bertz CT molecular complexity index is 574. The maximum Gasteiger partial charge on any atom is 0.237 e. The molecule has 1 unspecified atom stereocenters. The van der Waals surface area contributed by atoms with E-state index >= 15 is 0 Å². The highest BCUT2D eigenvalue weighted by atomic mass is 19.1. The molecule has 1 atom stereocenters. The van der Waals surface area contributed by atoms with Crippen LogP contribution in [0.5, 0.6) is 5.88 Å². The number of aromatic nitrogens is 2. The second kappa shape index (κ2) is 6.36. The first kappa shape index (κ1) is 14.3. The average molecular weight is 280 g/mol. The second-order valence-electron chi connectivity index (χ2n) is 4.07. The summed E-state index contributed by atoms with van der Waals surface area (Å²) in [6, 6.07) is 3.08. The summed E-state index contributed by atoms with van der Waals surface area (Å²) in [5.74, 6) is 4.45. The lowest BCUT2D eigenvalue weighted by molar-refractivity contribution is 0.375. The van der Waals surface area contributed by atoms with Crippen molar-refractivity contribution in [3.63, 3.8) is 0 Å². The van der Waals surface area contributed by atoms with Crippen LogP contribution in [-0.4, -0.2) is 17.1 Å². The first-order valence-corrected chi connectivity index (χ1v) is 5.91. The summed E-state index contributed by atoms with van der Waals surface area (Å²) in [6.45, 7) is 0. The number of halogens is 2. The molecule has 0 fully saturated rings. The fraction of sp³-hybridized carbons (Fsp3) is 0.231. The molecule has 2 aromatic rings. The van der Waals surface area contributed by atoms with Crippen molar-refractivity contribution in [1.29, 1.82) is 0 Å². The predicted octanol–water partition coefficient (Wildman–Crippen LogP) is 1.51. The molecule has 0 spiro atoms. The van der Waals surface area contributed by atoms with Crippen molar-refractivity contribution >= 4 is 0 Å². The maximum absolute atomic E-state index is 13.7. The van der Waals surface area contributed by atoms with Crippen molar-refractivity contribution in [1.82, 2.24) is 15.4 Å². The summed E-state index contributed by atoms with van der Waals surface area (Å²) >= 11 is 0. The first-order valence-electron chi connectivity index (χ1n) is 5.91. The van der Waals surface area contributed by atoms with E-state index in [0.717, 1.165) is 0 Å². The van der Waals surface area contributed by atoms with E-state index in [9.17, 15) is 8.78 Å². The molecule has 0 aliphatic rings. The molecule has 3 N–H and O–H groups in total. The number of benzene rings is 1. The van der Waals surface area contributed by atoms with E-state index < -0.39 is 17.7 Å². The molecule has 0 radical (unpaired) electrons. The monoisotopic (exact) mass is 280 g/mol. The van der Waals surface area contributed by atoms with E-state index in [0.29, 0.717) is 5.69 Å². The van der Waals surface area contributed by atoms with Gasteiger partial charge in [-0.05, 0) is 12.1 Å². The number of hydrogen-bond acceptors (Lipinski definition) is 5. The third-order valence-electron chi connectivity index (χ3n) is 2.89. The zero-order valence-electron chi connectivity index (χ0n) is 10.8. The third-order valence-corrected chi connectivity index (χ3v) is 2.89. The molecule has 0 saturated carbocycles. The van der Waals surface area contributed by atoms with Gasteiger partial charge in [0.2, 0.25) is 5.88 Å². The van der Waals surface area contributed by atoms with Crippen molar-refractivity contribution in [3.05, 3.63) is 53.5 Å². The van der Waals surface area contributed by atoms with Gasteiger partial charge >= 0.3 is 0 Å². The Kier molecular flexibility index (Phi) is 4.54. The van der Waals surface area contributed by atoms with E-state index in [1.807, 2.05) is 0 Å². The average Bonchev–Trinajstić information content (AvgIpc) is 2.47. The van der Waals surface area contributed by atoms with E-state index in [1.165, 1.54) is 37.7 Å². The van der Waals surface area contributed by atoms with E-state index in [4.69, 9.17) is 10.6 Å². The van der Waals surface area contributed by atoms with Crippen LogP contribution in [0, 0.1) is 11.6 Å². The number of methoxy groups -OCH3 is 1. The highest BCUT2D eigenvalue weighted by molar-refractivity contribution is 5.26. The summed E-state index contributed by atoms with van der Waals surface area (Å²) in [6.07, 6.45) is 2.91. The van der Waals surface area contributed by atoms with Crippen LogP contribution in [0.3, 0.4) is 0 Å². The molecule has 0 aliphatic heterocycles. The Morgan fingerprint density at radius 1 is 1.25 bits per heavy atom. The Hall–Kier alpha value is -2.12. The van der Waals surface area contributed by atoms with Gasteiger partial charge in [-0.3, -0.25) is 16.3 Å². The number of nitrogens with two attached hydrogens (primary N) is 1. The molecule has 5 nitrogen and oxygen atoms in total. The molecule has 0 bridgehead atoms. The fourth-order valence-electron chi connectivity index (χ4n) is 1.90. The Balaban J connectivity index is 2.34. The molecular weight excluding hydrogens is 266 g/mol. The van der Waals surface area contributed by atoms with Crippen molar-refractivity contribution < 1.29 is 13.5 Å². The standard InChI is InChI=1S/C13H14F2N4O/c1-20-13-12(17-5-6-18-13)11(19-16)7-8-9(14)3-2-4-10(8)15/h2-6,11,19H,7,16H2,1H3. The Morgan fingerprint density at radius 3 is 2.50 bits per heavy atom. The van der Waals surface area contributed by atoms with Gasteiger partial charge in [0.05, 0.1) is 13.2 Å². The number of nitrogens with one attached hydrogen (secondary N) is 1. The normalized spacial score (nSPS) is 12.2. The highest BCUT2D eigenvalue weighted by Gasteiger charge is 2.21. The predicted molar refractivity (Wildman–Crippen MR) is 68.7 cm³/mol. The minimum Gasteiger partial charge on any atom is -0.480 e. The summed E-state index contributed by atoms with van der Waals surface area (Å²) in [5, 5.41) is 0. The van der Waals surface area contributed by atoms with Crippen LogP contribution in [0.1, 0.15) is 17.3 Å². The van der Waals surface area contributed by atoms with E-state index in [2.05, 4.69) is 15.4 Å². The molecule has 1 aromatic heterocycles. The topological polar surface area (TPSA) is 73.1 Å². The molecular formula is C13H14F2N4O. The third kappa shape index (κ3) is 2.89. The van der Waals surface area contributed by atoms with Gasteiger partial charge in [0.1, 0.15) is 17.3 Å². The van der Waals surface area contributed by atoms with E-state index in [-0.39, 0.29) is 17.9 Å². The van der Waals surface area contributed by atoms with Crippen LogP contribution < -0.4 is 16.0 Å². The molecule has 0 saturated heterocycles. The van der Waals surface area contributed by atoms with Gasteiger partial charge in [-0.25, -0.2) is 13.8 Å². The SMILES string of the molecule is COc1nccnc1C(Cc1c(F)cccc1F)NN. The highest BCUT2D eigenvalue weighted by Crippen LogP contribution is 2.25. The first-order chi connectivity index (χ1) is 9.67. The number of hydrogen-bond donors (Lipinski definition) is 2. The maximum atomic E-state index is 13.7. The molecule has 7 heteroatoms. The zero-order chi connectivity index (χ0) is 14.5. The van der Waals surface area contributed by atoms with Crippen LogP contribution in [0.25, 0.3) is 0 Å². The van der Waals surface area contributed by atoms with Gasteiger partial charge in [0, 0.05) is 24.4 Å². The van der Waals surface area contributed by atoms with Crippen molar-refractivity contribution in [3.8, 4) is 5.88 Å². The summed E-state index contributed by atoms with van der Waals surface area (Å²) < 4.78 is 32.4. The molecule has 106 valence electrons. The van der Waals surface area contributed by atoms with Crippen molar-refractivity contribution in [2.45, 2.75) is 12.5 Å². The molecule has 20 heavy (non-hydrogen) atoms. The summed E-state index contributed by atoms with van der Waals surface area (Å²) in [4.78, 5) is 8.09. The molecule has 1 aromatic carbocycles. The van der Waals surface area contributed by atoms with Gasteiger partial charge in [0.15, 0.2) is 0 Å². The second-order valence-corrected chi connectivity index (χ2v) is 4.07. The molecule has 0 aliphatic carbocycles. The fourth-order valence-corrected chi connectivity index (χ4v) is 1.90. The smallest absolute Gasteiger partial charge is 0.237 e. The van der Waals surface area contributed by atoms with Gasteiger partial charge < -0.3 is 4.74 Å². The minimum atomic E-state index is -0.631. The van der Waals surface area contributed by atoms with Crippen LogP contribution in [0.15, 0.2) is 30.6 Å². The van der Waals surface area contributed by atoms with E-state index in [1.54, 1.807) is 0 Å². The largest absolute Gasteiger partial charge is 0.480 e.